The number of rotatable bonds is 7. The zero-order valence-electron chi connectivity index (χ0n) is 19.0. The molecule has 4 aromatic rings. The molecule has 0 amide bonds. The number of hydrogen-bond donors (Lipinski definition) is 0. The summed E-state index contributed by atoms with van der Waals surface area (Å²) in [5.74, 6) is 0.733. The molecule has 0 bridgehead atoms. The first-order chi connectivity index (χ1) is 16.9. The van der Waals surface area contributed by atoms with Gasteiger partial charge in [0, 0.05) is 27.8 Å². The molecule has 0 spiro atoms. The van der Waals surface area contributed by atoms with Gasteiger partial charge in [0.1, 0.15) is 16.2 Å². The maximum atomic E-state index is 13.4. The fraction of sp³-hybridized carbons (Fsp3) is 0.111. The lowest BCUT2D eigenvalue weighted by atomic mass is 10.1. The third-order valence-corrected chi connectivity index (χ3v) is 6.81. The van der Waals surface area contributed by atoms with Crippen LogP contribution in [0.25, 0.3) is 12.2 Å². The number of methoxy groups -OCH3 is 2. The lowest BCUT2D eigenvalue weighted by Crippen LogP contribution is -2.32. The number of aromatic nitrogens is 1. The van der Waals surface area contributed by atoms with Crippen molar-refractivity contribution in [3.8, 4) is 11.5 Å². The van der Waals surface area contributed by atoms with Gasteiger partial charge in [-0.3, -0.25) is 14.2 Å². The van der Waals surface area contributed by atoms with Crippen LogP contribution in [0.3, 0.4) is 0 Å². The number of nitrogens with zero attached hydrogens (tertiary/aromatic N) is 1. The van der Waals surface area contributed by atoms with E-state index in [0.29, 0.717) is 42.8 Å². The molecule has 0 aliphatic rings. The highest BCUT2D eigenvalue weighted by Crippen LogP contribution is 2.23. The molecule has 35 heavy (non-hydrogen) atoms. The van der Waals surface area contributed by atoms with Crippen LogP contribution in [0.2, 0.25) is 10.0 Å². The van der Waals surface area contributed by atoms with Crippen molar-refractivity contribution < 1.29 is 14.3 Å². The number of hydrogen-bond acceptors (Lipinski definition) is 5. The minimum atomic E-state index is -0.272. The van der Waals surface area contributed by atoms with Crippen LogP contribution in [-0.4, -0.2) is 24.6 Å². The van der Waals surface area contributed by atoms with Gasteiger partial charge < -0.3 is 9.47 Å². The van der Waals surface area contributed by atoms with Gasteiger partial charge in [0.25, 0.3) is 5.56 Å². The molecule has 0 aliphatic carbocycles. The monoisotopic (exact) mass is 525 g/mol. The highest BCUT2D eigenvalue weighted by Gasteiger charge is 2.11. The van der Waals surface area contributed by atoms with Crippen LogP contribution in [0.1, 0.15) is 21.5 Å². The number of thiazole rings is 1. The molecule has 0 saturated heterocycles. The van der Waals surface area contributed by atoms with Gasteiger partial charge in [0.15, 0.2) is 5.78 Å². The van der Waals surface area contributed by atoms with Crippen LogP contribution in [0, 0.1) is 0 Å². The van der Waals surface area contributed by atoms with Gasteiger partial charge in [0.2, 0.25) is 0 Å². The number of carbonyl (C=O) groups excluding carboxylic acids is 1. The fourth-order valence-electron chi connectivity index (χ4n) is 3.42. The molecule has 3 aromatic carbocycles. The summed E-state index contributed by atoms with van der Waals surface area (Å²) in [5.41, 5.74) is 1.92. The summed E-state index contributed by atoms with van der Waals surface area (Å²) in [6.45, 7) is 0.293. The smallest absolute Gasteiger partial charge is 0.269 e. The van der Waals surface area contributed by atoms with E-state index in [4.69, 9.17) is 32.7 Å². The second kappa shape index (κ2) is 11.0. The van der Waals surface area contributed by atoms with Gasteiger partial charge in [-0.05, 0) is 53.6 Å². The lowest BCUT2D eigenvalue weighted by Gasteiger charge is -2.06. The van der Waals surface area contributed by atoms with Crippen molar-refractivity contribution in [3.63, 3.8) is 0 Å². The third kappa shape index (κ3) is 6.03. The van der Waals surface area contributed by atoms with E-state index in [0.717, 1.165) is 11.1 Å². The average molecular weight is 526 g/mol. The Kier molecular flexibility index (Phi) is 7.76. The van der Waals surface area contributed by atoms with Gasteiger partial charge in [-0.1, -0.05) is 47.5 Å². The van der Waals surface area contributed by atoms with Crippen molar-refractivity contribution in [1.82, 2.24) is 4.57 Å². The summed E-state index contributed by atoms with van der Waals surface area (Å²) in [6, 6.07) is 19.4. The first-order valence-electron chi connectivity index (χ1n) is 10.6. The largest absolute Gasteiger partial charge is 0.497 e. The molecule has 1 heterocycles. The Morgan fingerprint density at radius 2 is 1.49 bits per heavy atom. The van der Waals surface area contributed by atoms with Crippen molar-refractivity contribution in [3.05, 3.63) is 113 Å². The van der Waals surface area contributed by atoms with Crippen molar-refractivity contribution >= 4 is 52.5 Å². The van der Waals surface area contributed by atoms with Crippen molar-refractivity contribution in [2.75, 3.05) is 14.2 Å². The maximum Gasteiger partial charge on any atom is 0.269 e. The highest BCUT2D eigenvalue weighted by atomic mass is 35.5. The van der Waals surface area contributed by atoms with Crippen LogP contribution < -0.4 is 24.2 Å². The minimum Gasteiger partial charge on any atom is -0.497 e. The van der Waals surface area contributed by atoms with Crippen molar-refractivity contribution in [2.45, 2.75) is 6.54 Å². The Bertz CT molecular complexity index is 1520. The molecule has 1 aromatic heterocycles. The molecule has 0 atom stereocenters. The summed E-state index contributed by atoms with van der Waals surface area (Å²) >= 11 is 13.3. The molecule has 0 N–H and O–H groups in total. The first kappa shape index (κ1) is 24.8. The predicted octanol–water partition coefficient (Wildman–Crippen LogP) is 4.77. The Morgan fingerprint density at radius 3 is 2.06 bits per heavy atom. The summed E-state index contributed by atoms with van der Waals surface area (Å²) in [6.07, 6.45) is 3.26. The molecule has 5 nitrogen and oxygen atoms in total. The Labute approximate surface area is 216 Å². The average Bonchev–Trinajstić information content (AvgIpc) is 3.15. The quantitative estimate of drug-likeness (QED) is 0.326. The Morgan fingerprint density at radius 1 is 0.914 bits per heavy atom. The molecular formula is C27H21Cl2NO4S. The topological polar surface area (TPSA) is 57.5 Å². The highest BCUT2D eigenvalue weighted by molar-refractivity contribution is 7.07. The zero-order valence-corrected chi connectivity index (χ0v) is 21.3. The number of ketones is 1. The molecule has 0 fully saturated rings. The Hall–Kier alpha value is -3.32. The molecule has 0 unspecified atom stereocenters. The number of ether oxygens (including phenoxy) is 2. The third-order valence-electron chi connectivity index (χ3n) is 5.25. The van der Waals surface area contributed by atoms with Crippen LogP contribution >= 0.6 is 34.5 Å². The molecule has 4 rings (SSSR count). The molecule has 0 aliphatic heterocycles. The first-order valence-corrected chi connectivity index (χ1v) is 12.1. The summed E-state index contributed by atoms with van der Waals surface area (Å²) < 4.78 is 13.2. The van der Waals surface area contributed by atoms with Gasteiger partial charge in [-0.25, -0.2) is 0 Å². The van der Waals surface area contributed by atoms with E-state index in [1.165, 1.54) is 31.6 Å². The second-order valence-electron chi connectivity index (χ2n) is 7.63. The van der Waals surface area contributed by atoms with E-state index < -0.39 is 0 Å². The Balaban J connectivity index is 1.85. The number of halogens is 2. The molecule has 178 valence electrons. The SMILES string of the molecule is COc1cc(OC)cc(C(=O)/C=c2\s/c(=C\c3ccc(Cl)cc3)c(=O)n2Cc2ccc(Cl)cc2)c1. The minimum absolute atomic E-state index is 0.192. The van der Waals surface area contributed by atoms with E-state index in [9.17, 15) is 9.59 Å². The summed E-state index contributed by atoms with van der Waals surface area (Å²) in [5, 5.41) is 1.22. The molecule has 8 heteroatoms. The van der Waals surface area contributed by atoms with Crippen LogP contribution in [-0.2, 0) is 6.54 Å². The predicted molar refractivity (Wildman–Crippen MR) is 142 cm³/mol. The number of benzene rings is 3. The van der Waals surface area contributed by atoms with Crippen LogP contribution in [0.4, 0.5) is 0 Å². The van der Waals surface area contributed by atoms with Crippen LogP contribution in [0.15, 0.2) is 71.5 Å². The van der Waals surface area contributed by atoms with Gasteiger partial charge in [-0.15, -0.1) is 11.3 Å². The molecule has 0 saturated carbocycles. The number of carbonyl (C=O) groups is 1. The summed E-state index contributed by atoms with van der Waals surface area (Å²) in [4.78, 5) is 26.6. The zero-order chi connectivity index (χ0) is 24.9. The van der Waals surface area contributed by atoms with Crippen LogP contribution in [0.5, 0.6) is 11.5 Å². The summed E-state index contributed by atoms with van der Waals surface area (Å²) in [7, 11) is 3.04. The van der Waals surface area contributed by atoms with E-state index in [2.05, 4.69) is 0 Å². The maximum absolute atomic E-state index is 13.4. The fourth-order valence-corrected chi connectivity index (χ4v) is 4.71. The molecular weight excluding hydrogens is 505 g/mol. The normalized spacial score (nSPS) is 12.1. The van der Waals surface area contributed by atoms with Gasteiger partial charge in [0.05, 0.1) is 25.3 Å². The van der Waals surface area contributed by atoms with E-state index >= 15 is 0 Å². The van der Waals surface area contributed by atoms with E-state index in [1.807, 2.05) is 24.3 Å². The standard InChI is InChI=1S/C27H21Cl2NO4S/c1-33-22-12-19(13-23(14-22)34-2)24(31)15-26-30(16-18-5-9-21(29)10-6-18)27(32)25(35-26)11-17-3-7-20(28)8-4-17/h3-15H,16H2,1-2H3/b25-11-,26-15-. The second-order valence-corrected chi connectivity index (χ2v) is 9.56. The van der Waals surface area contributed by atoms with E-state index in [-0.39, 0.29) is 11.3 Å². The lowest BCUT2D eigenvalue weighted by molar-refractivity contribution is 0.106. The number of Topliss-reactive ketones (excluding diaryl/α,β-unsaturated/α-hetero) is 1. The molecule has 0 radical (unpaired) electrons. The van der Waals surface area contributed by atoms with Crippen molar-refractivity contribution in [1.29, 1.82) is 0 Å². The van der Waals surface area contributed by atoms with Gasteiger partial charge in [-0.2, -0.15) is 0 Å². The van der Waals surface area contributed by atoms with Gasteiger partial charge >= 0.3 is 0 Å². The van der Waals surface area contributed by atoms with E-state index in [1.54, 1.807) is 53.1 Å². The van der Waals surface area contributed by atoms with Crippen molar-refractivity contribution in [2.24, 2.45) is 0 Å².